The van der Waals surface area contributed by atoms with Gasteiger partial charge in [0, 0.05) is 19.1 Å². The molecule has 0 saturated heterocycles. The molecule has 0 atom stereocenters. The zero-order valence-electron chi connectivity index (χ0n) is 14.8. The molecule has 132 valence electrons. The Morgan fingerprint density at radius 3 is 2.20 bits per heavy atom. The second-order valence-electron chi connectivity index (χ2n) is 7.32. The largest absolute Gasteiger partial charge is 0.449 e. The summed E-state index contributed by atoms with van der Waals surface area (Å²) < 4.78 is 5.50. The van der Waals surface area contributed by atoms with Crippen molar-refractivity contribution >= 4 is 6.09 Å². The summed E-state index contributed by atoms with van der Waals surface area (Å²) in [6.45, 7) is 4.92. The molecule has 0 bridgehead atoms. The number of aliphatic hydroxyl groups excluding tert-OH is 1. The minimum absolute atomic E-state index is 0.0728. The predicted octanol–water partition coefficient (Wildman–Crippen LogP) is 3.93. The molecular weight excluding hydrogens is 314 g/mol. The van der Waals surface area contributed by atoms with Crippen molar-refractivity contribution in [2.45, 2.75) is 26.2 Å². The molecule has 4 heteroatoms. The van der Waals surface area contributed by atoms with Gasteiger partial charge in [-0.25, -0.2) is 4.79 Å². The summed E-state index contributed by atoms with van der Waals surface area (Å²) in [6.07, 6.45) is 0.226. The number of amides is 1. The first-order chi connectivity index (χ1) is 12.0. The molecule has 2 N–H and O–H groups in total. The Labute approximate surface area is 148 Å². The van der Waals surface area contributed by atoms with Gasteiger partial charge in [0.15, 0.2) is 0 Å². The quantitative estimate of drug-likeness (QED) is 0.838. The van der Waals surface area contributed by atoms with Gasteiger partial charge in [0.05, 0.1) is 0 Å². The van der Waals surface area contributed by atoms with Crippen molar-refractivity contribution in [1.29, 1.82) is 0 Å². The van der Waals surface area contributed by atoms with Crippen molar-refractivity contribution in [1.82, 2.24) is 5.32 Å². The average molecular weight is 339 g/mol. The maximum absolute atomic E-state index is 12.1. The second kappa shape index (κ2) is 7.28. The number of benzene rings is 2. The van der Waals surface area contributed by atoms with Crippen molar-refractivity contribution in [2.24, 2.45) is 5.41 Å². The maximum atomic E-state index is 12.1. The van der Waals surface area contributed by atoms with Gasteiger partial charge in [-0.15, -0.1) is 0 Å². The lowest BCUT2D eigenvalue weighted by Crippen LogP contribution is -2.35. The third kappa shape index (κ3) is 3.85. The van der Waals surface area contributed by atoms with Gasteiger partial charge in [-0.2, -0.15) is 0 Å². The highest BCUT2D eigenvalue weighted by atomic mass is 16.5. The molecule has 2 aromatic rings. The van der Waals surface area contributed by atoms with Crippen molar-refractivity contribution in [3.05, 3.63) is 59.7 Å². The normalized spacial score (nSPS) is 13.2. The highest BCUT2D eigenvalue weighted by Crippen LogP contribution is 2.44. The van der Waals surface area contributed by atoms with Gasteiger partial charge in [-0.3, -0.25) is 0 Å². The van der Waals surface area contributed by atoms with Gasteiger partial charge in [-0.1, -0.05) is 62.4 Å². The molecule has 3 rings (SSSR count). The van der Waals surface area contributed by atoms with Crippen LogP contribution in [0.5, 0.6) is 0 Å². The maximum Gasteiger partial charge on any atom is 0.407 e. The van der Waals surface area contributed by atoms with Gasteiger partial charge in [0.2, 0.25) is 0 Å². The van der Waals surface area contributed by atoms with E-state index >= 15 is 0 Å². The van der Waals surface area contributed by atoms with Gasteiger partial charge in [0.25, 0.3) is 0 Å². The molecule has 0 radical (unpaired) electrons. The molecule has 1 aliphatic carbocycles. The van der Waals surface area contributed by atoms with Crippen LogP contribution in [-0.2, 0) is 4.74 Å². The minimum atomic E-state index is -0.409. The topological polar surface area (TPSA) is 58.6 Å². The van der Waals surface area contributed by atoms with Crippen LogP contribution in [0.2, 0.25) is 0 Å². The zero-order valence-corrected chi connectivity index (χ0v) is 14.8. The van der Waals surface area contributed by atoms with Crippen LogP contribution in [0.4, 0.5) is 4.79 Å². The molecule has 4 nitrogen and oxygen atoms in total. The van der Waals surface area contributed by atoms with E-state index in [0.29, 0.717) is 19.6 Å². The smallest absolute Gasteiger partial charge is 0.407 e. The molecule has 0 spiro atoms. The summed E-state index contributed by atoms with van der Waals surface area (Å²) in [5.41, 5.74) is 4.70. The number of fused-ring (bicyclic) bond motifs is 3. The van der Waals surface area contributed by atoms with E-state index in [0.717, 1.165) is 0 Å². The van der Waals surface area contributed by atoms with Crippen LogP contribution in [0.3, 0.4) is 0 Å². The lowest BCUT2D eigenvalue weighted by atomic mass is 9.90. The average Bonchev–Trinajstić information content (AvgIpc) is 2.92. The van der Waals surface area contributed by atoms with E-state index in [2.05, 4.69) is 29.6 Å². The Morgan fingerprint density at radius 1 is 1.08 bits per heavy atom. The van der Waals surface area contributed by atoms with Crippen LogP contribution in [0.1, 0.15) is 37.3 Å². The fraction of sp³-hybridized carbons (Fsp3) is 0.381. The van der Waals surface area contributed by atoms with Crippen LogP contribution < -0.4 is 5.32 Å². The lowest BCUT2D eigenvalue weighted by Gasteiger charge is -2.24. The molecule has 0 aliphatic heterocycles. The first kappa shape index (κ1) is 17.5. The standard InChI is InChI=1S/C21H25NO3/c1-21(2,11-12-23)14-22-20(24)25-13-19-17-9-5-3-7-15(17)16-8-4-6-10-18(16)19/h3-10,19,23H,11-14H2,1-2H3,(H,22,24). The number of carbonyl (C=O) groups is 1. The number of hydrogen-bond acceptors (Lipinski definition) is 3. The van der Waals surface area contributed by atoms with Gasteiger partial charge in [0.1, 0.15) is 6.61 Å². The molecule has 2 aromatic carbocycles. The molecule has 0 heterocycles. The Balaban J connectivity index is 1.65. The molecule has 1 aliphatic rings. The van der Waals surface area contributed by atoms with E-state index in [1.807, 2.05) is 38.1 Å². The number of rotatable bonds is 6. The molecule has 0 fully saturated rings. The van der Waals surface area contributed by atoms with Crippen LogP contribution in [0.15, 0.2) is 48.5 Å². The first-order valence-corrected chi connectivity index (χ1v) is 8.71. The molecule has 0 unspecified atom stereocenters. The van der Waals surface area contributed by atoms with Crippen LogP contribution in [0.25, 0.3) is 11.1 Å². The van der Waals surface area contributed by atoms with Crippen LogP contribution in [-0.4, -0.2) is 31.0 Å². The Hall–Kier alpha value is -2.33. The summed E-state index contributed by atoms with van der Waals surface area (Å²) >= 11 is 0. The molecule has 1 amide bonds. The predicted molar refractivity (Wildman–Crippen MR) is 98.6 cm³/mol. The third-order valence-electron chi connectivity index (χ3n) is 4.84. The second-order valence-corrected chi connectivity index (χ2v) is 7.32. The van der Waals surface area contributed by atoms with Crippen molar-refractivity contribution in [3.8, 4) is 11.1 Å². The minimum Gasteiger partial charge on any atom is -0.449 e. The highest BCUT2D eigenvalue weighted by Gasteiger charge is 2.29. The number of nitrogens with one attached hydrogen (secondary N) is 1. The molecule has 0 aromatic heterocycles. The fourth-order valence-electron chi connectivity index (χ4n) is 3.35. The van der Waals surface area contributed by atoms with E-state index in [9.17, 15) is 4.79 Å². The Bertz CT molecular complexity index is 709. The number of ether oxygens (including phenoxy) is 1. The SMILES string of the molecule is CC(C)(CCO)CNC(=O)OCC1c2ccccc2-c2ccccc21. The third-order valence-corrected chi connectivity index (χ3v) is 4.84. The Morgan fingerprint density at radius 2 is 1.64 bits per heavy atom. The summed E-state index contributed by atoms with van der Waals surface area (Å²) in [4.78, 5) is 12.1. The number of carbonyl (C=O) groups excluding carboxylic acids is 1. The Kier molecular flexibility index (Phi) is 5.09. The summed E-state index contributed by atoms with van der Waals surface area (Å²) in [5, 5.41) is 11.9. The van der Waals surface area contributed by atoms with E-state index in [4.69, 9.17) is 9.84 Å². The summed E-state index contributed by atoms with van der Waals surface area (Å²) in [6, 6.07) is 16.6. The van der Waals surface area contributed by atoms with E-state index in [1.165, 1.54) is 22.3 Å². The monoisotopic (exact) mass is 339 g/mol. The number of hydrogen-bond donors (Lipinski definition) is 2. The number of aliphatic hydroxyl groups is 1. The molecular formula is C21H25NO3. The van der Waals surface area contributed by atoms with Gasteiger partial charge >= 0.3 is 6.09 Å². The van der Waals surface area contributed by atoms with Gasteiger partial charge < -0.3 is 15.2 Å². The molecule has 25 heavy (non-hydrogen) atoms. The van der Waals surface area contributed by atoms with Crippen LogP contribution in [0, 0.1) is 5.41 Å². The van der Waals surface area contributed by atoms with Crippen molar-refractivity contribution in [2.75, 3.05) is 19.8 Å². The van der Waals surface area contributed by atoms with Crippen LogP contribution >= 0.6 is 0 Å². The fourth-order valence-corrected chi connectivity index (χ4v) is 3.35. The van der Waals surface area contributed by atoms with Gasteiger partial charge in [-0.05, 0) is 34.1 Å². The summed E-state index contributed by atoms with van der Waals surface area (Å²) in [5.74, 6) is 0.0728. The number of alkyl carbamates (subject to hydrolysis) is 1. The zero-order chi connectivity index (χ0) is 17.9. The van der Waals surface area contributed by atoms with E-state index in [-0.39, 0.29) is 17.9 Å². The van der Waals surface area contributed by atoms with E-state index < -0.39 is 6.09 Å². The van der Waals surface area contributed by atoms with Crippen molar-refractivity contribution in [3.63, 3.8) is 0 Å². The highest BCUT2D eigenvalue weighted by molar-refractivity contribution is 5.79. The molecule has 0 saturated carbocycles. The summed E-state index contributed by atoms with van der Waals surface area (Å²) in [7, 11) is 0. The van der Waals surface area contributed by atoms with Crippen molar-refractivity contribution < 1.29 is 14.6 Å². The lowest BCUT2D eigenvalue weighted by molar-refractivity contribution is 0.134. The van der Waals surface area contributed by atoms with E-state index in [1.54, 1.807) is 0 Å². The first-order valence-electron chi connectivity index (χ1n) is 8.71.